The van der Waals surface area contributed by atoms with E-state index in [9.17, 15) is 4.79 Å². The molecule has 1 amide bonds. The van der Waals surface area contributed by atoms with E-state index in [1.165, 1.54) is 0 Å². The third-order valence-electron chi connectivity index (χ3n) is 0.416. The number of hydrogen-bond acceptors (Lipinski definition) is 1. The molecular formula is C3H6ClNO. The van der Waals surface area contributed by atoms with Crippen LogP contribution in [0.4, 0.5) is 0 Å². The number of amides is 1. The highest BCUT2D eigenvalue weighted by Crippen LogP contribution is 1.82. The minimum absolute atomic E-state index is 0.561. The molecular weight excluding hydrogens is 101 g/mol. The second kappa shape index (κ2) is 2.97. The Kier molecular flexibility index (Phi) is 2.85. The van der Waals surface area contributed by atoms with Crippen LogP contribution in [0.3, 0.4) is 0 Å². The first-order valence-electron chi connectivity index (χ1n) is 1.69. The highest BCUT2D eigenvalue weighted by Gasteiger charge is 1.83. The molecule has 0 fully saturated rings. The minimum Gasteiger partial charge on any atom is -0.277 e. The van der Waals surface area contributed by atoms with Crippen molar-refractivity contribution >= 4 is 18.2 Å². The van der Waals surface area contributed by atoms with Gasteiger partial charge in [0, 0.05) is 18.3 Å². The number of nitrogens with zero attached hydrogens (tertiary/aromatic N) is 1. The van der Waals surface area contributed by atoms with E-state index < -0.39 is 0 Å². The molecule has 3 heteroatoms. The predicted octanol–water partition coefficient (Wildman–Crippen LogP) is 0.619. The second-order valence-electron chi connectivity index (χ2n) is 0.821. The molecule has 0 N–H and O–H groups in total. The van der Waals surface area contributed by atoms with E-state index in [0.29, 0.717) is 13.0 Å². The quantitative estimate of drug-likeness (QED) is 0.374. The van der Waals surface area contributed by atoms with Crippen molar-refractivity contribution < 1.29 is 4.79 Å². The lowest BCUT2D eigenvalue weighted by molar-refractivity contribution is -0.114. The molecule has 0 atom stereocenters. The third kappa shape index (κ3) is 2.03. The first-order valence-corrected chi connectivity index (χ1v) is 2.02. The van der Waals surface area contributed by atoms with E-state index in [0.717, 1.165) is 4.42 Å². The predicted molar refractivity (Wildman–Crippen MR) is 24.3 cm³/mol. The zero-order valence-electron chi connectivity index (χ0n) is 3.52. The number of rotatable bonds is 2. The molecule has 0 aromatic rings. The van der Waals surface area contributed by atoms with Crippen LogP contribution in [0.25, 0.3) is 0 Å². The van der Waals surface area contributed by atoms with Crippen molar-refractivity contribution in [3.05, 3.63) is 0 Å². The zero-order valence-corrected chi connectivity index (χ0v) is 4.27. The maximum absolute atomic E-state index is 9.53. The Balaban J connectivity index is 2.96. The molecule has 0 spiro atoms. The Morgan fingerprint density at radius 2 is 2.50 bits per heavy atom. The normalized spacial score (nSPS) is 7.67. The molecule has 0 aromatic carbocycles. The van der Waals surface area contributed by atoms with Crippen LogP contribution >= 0.6 is 11.8 Å². The Bertz CT molecular complexity index is 48.1. The summed E-state index contributed by atoms with van der Waals surface area (Å²) in [7, 11) is 0. The summed E-state index contributed by atoms with van der Waals surface area (Å²) in [6.07, 6.45) is 0.571. The molecule has 0 heterocycles. The minimum atomic E-state index is 0.561. The van der Waals surface area contributed by atoms with E-state index in [2.05, 4.69) is 0 Å². The SMILES string of the molecule is CCN(Cl)C=O. The number of halogens is 1. The summed E-state index contributed by atoms with van der Waals surface area (Å²) < 4.78 is 1.04. The molecule has 0 radical (unpaired) electrons. The molecule has 2 nitrogen and oxygen atoms in total. The molecule has 0 aliphatic rings. The zero-order chi connectivity index (χ0) is 4.99. The summed E-state index contributed by atoms with van der Waals surface area (Å²) in [5.41, 5.74) is 0. The first-order chi connectivity index (χ1) is 2.81. The molecule has 0 saturated heterocycles. The number of carbonyl (C=O) groups is 1. The molecule has 0 aromatic heterocycles. The van der Waals surface area contributed by atoms with Crippen molar-refractivity contribution in [3.63, 3.8) is 0 Å². The lowest BCUT2D eigenvalue weighted by Crippen LogP contribution is -2.06. The van der Waals surface area contributed by atoms with Crippen molar-refractivity contribution in [2.75, 3.05) is 6.54 Å². The first kappa shape index (κ1) is 5.76. The van der Waals surface area contributed by atoms with Gasteiger partial charge in [-0.25, -0.2) is 0 Å². The van der Waals surface area contributed by atoms with Gasteiger partial charge in [0.05, 0.1) is 0 Å². The molecule has 0 saturated carbocycles. The monoisotopic (exact) mass is 107 g/mol. The van der Waals surface area contributed by atoms with Gasteiger partial charge in [0.25, 0.3) is 0 Å². The van der Waals surface area contributed by atoms with Gasteiger partial charge in [-0.1, -0.05) is 0 Å². The molecule has 0 rings (SSSR count). The van der Waals surface area contributed by atoms with Gasteiger partial charge < -0.3 is 0 Å². The fraction of sp³-hybridized carbons (Fsp3) is 0.667. The van der Waals surface area contributed by atoms with E-state index in [1.54, 1.807) is 6.92 Å². The van der Waals surface area contributed by atoms with Gasteiger partial charge in [-0.3, -0.25) is 9.21 Å². The fourth-order valence-corrected chi connectivity index (χ4v) is 0.0745. The van der Waals surface area contributed by atoms with Gasteiger partial charge in [-0.05, 0) is 6.92 Å². The Morgan fingerprint density at radius 1 is 2.00 bits per heavy atom. The molecule has 0 aliphatic heterocycles. The summed E-state index contributed by atoms with van der Waals surface area (Å²) in [5.74, 6) is 0. The highest BCUT2D eigenvalue weighted by atomic mass is 35.5. The summed E-state index contributed by atoms with van der Waals surface area (Å²) in [6, 6.07) is 0. The fourth-order valence-electron chi connectivity index (χ4n) is 0.0745. The van der Waals surface area contributed by atoms with Crippen molar-refractivity contribution in [1.82, 2.24) is 4.42 Å². The van der Waals surface area contributed by atoms with Gasteiger partial charge >= 0.3 is 0 Å². The van der Waals surface area contributed by atoms with Crippen molar-refractivity contribution in [2.45, 2.75) is 6.92 Å². The van der Waals surface area contributed by atoms with Crippen LogP contribution in [0, 0.1) is 0 Å². The number of carbonyl (C=O) groups excluding carboxylic acids is 1. The van der Waals surface area contributed by atoms with Crippen molar-refractivity contribution in [2.24, 2.45) is 0 Å². The van der Waals surface area contributed by atoms with Gasteiger partial charge in [0.1, 0.15) is 0 Å². The molecule has 36 valence electrons. The van der Waals surface area contributed by atoms with E-state index in [4.69, 9.17) is 11.8 Å². The molecule has 0 unspecified atom stereocenters. The van der Waals surface area contributed by atoms with Crippen LogP contribution < -0.4 is 0 Å². The van der Waals surface area contributed by atoms with Crippen LogP contribution in [-0.4, -0.2) is 17.4 Å². The average molecular weight is 108 g/mol. The molecule has 6 heavy (non-hydrogen) atoms. The molecule has 0 bridgehead atoms. The largest absolute Gasteiger partial charge is 0.277 e. The van der Waals surface area contributed by atoms with Crippen LogP contribution in [0.1, 0.15) is 6.92 Å². The Labute approximate surface area is 41.8 Å². The highest BCUT2D eigenvalue weighted by molar-refractivity contribution is 6.18. The standard InChI is InChI=1S/C3H6ClNO/c1-2-5(4)3-6/h3H,2H2,1H3. The summed E-state index contributed by atoms with van der Waals surface area (Å²) in [5, 5.41) is 0. The topological polar surface area (TPSA) is 20.3 Å². The third-order valence-corrected chi connectivity index (χ3v) is 0.735. The Morgan fingerprint density at radius 3 is 2.50 bits per heavy atom. The van der Waals surface area contributed by atoms with Crippen LogP contribution in [0.15, 0.2) is 0 Å². The summed E-state index contributed by atoms with van der Waals surface area (Å²) >= 11 is 5.11. The summed E-state index contributed by atoms with van der Waals surface area (Å²) in [4.78, 5) is 9.53. The lowest BCUT2D eigenvalue weighted by atomic mass is 10.8. The molecule has 0 aliphatic carbocycles. The summed E-state index contributed by atoms with van der Waals surface area (Å²) in [6.45, 7) is 2.35. The van der Waals surface area contributed by atoms with E-state index >= 15 is 0 Å². The Hall–Kier alpha value is -0.240. The van der Waals surface area contributed by atoms with Gasteiger partial charge in [-0.2, -0.15) is 0 Å². The van der Waals surface area contributed by atoms with Crippen LogP contribution in [0.5, 0.6) is 0 Å². The van der Waals surface area contributed by atoms with Gasteiger partial charge in [0.15, 0.2) is 0 Å². The van der Waals surface area contributed by atoms with Gasteiger partial charge in [-0.15, -0.1) is 0 Å². The average Bonchev–Trinajstić information content (AvgIpc) is 1.65. The van der Waals surface area contributed by atoms with Crippen molar-refractivity contribution in [3.8, 4) is 0 Å². The van der Waals surface area contributed by atoms with Crippen LogP contribution in [0.2, 0.25) is 0 Å². The van der Waals surface area contributed by atoms with E-state index in [-0.39, 0.29) is 0 Å². The second-order valence-corrected chi connectivity index (χ2v) is 1.26. The number of hydrogen-bond donors (Lipinski definition) is 0. The van der Waals surface area contributed by atoms with Gasteiger partial charge in [0.2, 0.25) is 6.41 Å². The maximum atomic E-state index is 9.53. The lowest BCUT2D eigenvalue weighted by Gasteiger charge is -1.97. The van der Waals surface area contributed by atoms with Crippen LogP contribution in [-0.2, 0) is 4.79 Å². The van der Waals surface area contributed by atoms with E-state index in [1.807, 2.05) is 0 Å². The maximum Gasteiger partial charge on any atom is 0.224 e. The van der Waals surface area contributed by atoms with Crippen molar-refractivity contribution in [1.29, 1.82) is 0 Å². The smallest absolute Gasteiger partial charge is 0.224 e.